The van der Waals surface area contributed by atoms with Gasteiger partial charge in [0.1, 0.15) is 6.23 Å². The summed E-state index contributed by atoms with van der Waals surface area (Å²) in [6, 6.07) is 15.4. The summed E-state index contributed by atoms with van der Waals surface area (Å²) in [5, 5.41) is 24.6. The Morgan fingerprint density at radius 2 is 1.72 bits per heavy atom. The molecular weight excluding hydrogens is 540 g/mol. The zero-order chi connectivity index (χ0) is 30.5. The summed E-state index contributed by atoms with van der Waals surface area (Å²) >= 11 is 0. The van der Waals surface area contributed by atoms with Crippen LogP contribution in [0.3, 0.4) is 0 Å². The number of hydrogen-bond acceptors (Lipinski definition) is 7. The third-order valence-corrected chi connectivity index (χ3v) is 9.21. The standard InChI is InChI=1S/C35H48N4O4/c1-5-39(29-12-16-43-17-13-29)33-20-28(27-8-6-26(7-9-27)22-38-14-10-30(40)11-15-38)19-31(25(33)4)34(41)36-21-32-23(2)18-24(3)37-35(32)42/h6-9,18-20,29-30,34,36,40-41H,5,10-17,21-22H2,1-4H3,(H,37,42). The van der Waals surface area contributed by atoms with Gasteiger partial charge in [0.25, 0.3) is 5.56 Å². The fourth-order valence-corrected chi connectivity index (χ4v) is 6.64. The van der Waals surface area contributed by atoms with Crippen LogP contribution in [0.1, 0.15) is 72.3 Å². The molecule has 4 N–H and O–H groups in total. The molecule has 3 aromatic rings. The van der Waals surface area contributed by atoms with Crippen LogP contribution in [0.25, 0.3) is 11.1 Å². The third kappa shape index (κ3) is 7.56. The van der Waals surface area contributed by atoms with Crippen LogP contribution in [-0.2, 0) is 17.8 Å². The average Bonchev–Trinajstić information content (AvgIpc) is 3.00. The number of ether oxygens (including phenoxy) is 1. The Kier molecular flexibility index (Phi) is 10.4. The summed E-state index contributed by atoms with van der Waals surface area (Å²) < 4.78 is 5.67. The van der Waals surface area contributed by atoms with Gasteiger partial charge >= 0.3 is 0 Å². The SMILES string of the molecule is CCN(c1cc(-c2ccc(CN3CCC(O)CC3)cc2)cc(C(O)NCc2c(C)cc(C)[nH]c2=O)c1C)C1CCOCC1. The number of aryl methyl sites for hydroxylation is 2. The molecule has 5 rings (SSSR count). The fourth-order valence-electron chi connectivity index (χ4n) is 6.64. The number of pyridine rings is 1. The van der Waals surface area contributed by atoms with Crippen molar-refractivity contribution in [1.29, 1.82) is 0 Å². The molecular formula is C35H48N4O4. The first-order valence-electron chi connectivity index (χ1n) is 15.8. The van der Waals surface area contributed by atoms with Crippen molar-refractivity contribution in [3.63, 3.8) is 0 Å². The molecule has 0 spiro atoms. The second-order valence-electron chi connectivity index (χ2n) is 12.3. The maximum atomic E-state index is 12.6. The van der Waals surface area contributed by atoms with Crippen LogP contribution in [0.5, 0.6) is 0 Å². The van der Waals surface area contributed by atoms with E-state index in [1.54, 1.807) is 0 Å². The van der Waals surface area contributed by atoms with E-state index in [-0.39, 0.29) is 18.2 Å². The zero-order valence-corrected chi connectivity index (χ0v) is 26.2. The van der Waals surface area contributed by atoms with Crippen molar-refractivity contribution >= 4 is 5.69 Å². The average molecular weight is 589 g/mol. The number of aromatic nitrogens is 1. The highest BCUT2D eigenvalue weighted by Crippen LogP contribution is 2.36. The van der Waals surface area contributed by atoms with Gasteiger partial charge in [-0.15, -0.1) is 0 Å². The van der Waals surface area contributed by atoms with Crippen LogP contribution in [-0.4, -0.2) is 65.1 Å². The molecule has 8 nitrogen and oxygen atoms in total. The lowest BCUT2D eigenvalue weighted by atomic mass is 9.94. The zero-order valence-electron chi connectivity index (χ0n) is 26.2. The summed E-state index contributed by atoms with van der Waals surface area (Å²) in [6.45, 7) is 13.5. The smallest absolute Gasteiger partial charge is 0.252 e. The van der Waals surface area contributed by atoms with Crippen molar-refractivity contribution in [2.75, 3.05) is 37.7 Å². The van der Waals surface area contributed by atoms with Gasteiger partial charge in [0.2, 0.25) is 0 Å². The normalized spacial score (nSPS) is 17.7. The number of rotatable bonds is 10. The van der Waals surface area contributed by atoms with Gasteiger partial charge in [0.15, 0.2) is 0 Å². The monoisotopic (exact) mass is 588 g/mol. The minimum absolute atomic E-state index is 0.124. The number of hydrogen-bond donors (Lipinski definition) is 4. The predicted molar refractivity (Wildman–Crippen MR) is 172 cm³/mol. The molecule has 2 aliphatic rings. The van der Waals surface area contributed by atoms with Crippen LogP contribution in [0, 0.1) is 20.8 Å². The summed E-state index contributed by atoms with van der Waals surface area (Å²) in [6.07, 6.45) is 2.51. The number of aromatic amines is 1. The van der Waals surface area contributed by atoms with E-state index < -0.39 is 6.23 Å². The van der Waals surface area contributed by atoms with E-state index in [9.17, 15) is 15.0 Å². The van der Waals surface area contributed by atoms with Crippen LogP contribution < -0.4 is 15.8 Å². The van der Waals surface area contributed by atoms with E-state index in [1.165, 1.54) is 5.56 Å². The quantitative estimate of drug-likeness (QED) is 0.255. The molecule has 8 heteroatoms. The van der Waals surface area contributed by atoms with E-state index in [2.05, 4.69) is 70.3 Å². The van der Waals surface area contributed by atoms with Gasteiger partial charge in [-0.25, -0.2) is 0 Å². The van der Waals surface area contributed by atoms with Crippen molar-refractivity contribution in [2.45, 2.75) is 84.8 Å². The van der Waals surface area contributed by atoms with Gasteiger partial charge in [-0.05, 0) is 99.4 Å². The topological polar surface area (TPSA) is 101 Å². The number of likely N-dealkylation sites (tertiary alicyclic amines) is 1. The third-order valence-electron chi connectivity index (χ3n) is 9.21. The maximum absolute atomic E-state index is 12.6. The molecule has 2 aliphatic heterocycles. The van der Waals surface area contributed by atoms with Crippen molar-refractivity contribution in [2.24, 2.45) is 0 Å². The number of H-pyrrole nitrogens is 1. The minimum Gasteiger partial charge on any atom is -0.393 e. The van der Waals surface area contributed by atoms with Gasteiger partial charge in [-0.1, -0.05) is 24.3 Å². The molecule has 0 radical (unpaired) electrons. The van der Waals surface area contributed by atoms with Crippen molar-refractivity contribution in [1.82, 2.24) is 15.2 Å². The number of benzene rings is 2. The Bertz CT molecular complexity index is 1420. The van der Waals surface area contributed by atoms with Gasteiger partial charge in [0, 0.05) is 74.5 Å². The molecule has 2 saturated heterocycles. The predicted octanol–water partition coefficient (Wildman–Crippen LogP) is 4.71. The summed E-state index contributed by atoms with van der Waals surface area (Å²) in [5.41, 5.74) is 8.63. The van der Waals surface area contributed by atoms with Crippen LogP contribution >= 0.6 is 0 Å². The molecule has 43 heavy (non-hydrogen) atoms. The van der Waals surface area contributed by atoms with E-state index in [0.29, 0.717) is 11.6 Å². The molecule has 0 bridgehead atoms. The summed E-state index contributed by atoms with van der Waals surface area (Å²) in [4.78, 5) is 20.4. The highest BCUT2D eigenvalue weighted by atomic mass is 16.5. The largest absolute Gasteiger partial charge is 0.393 e. The van der Waals surface area contributed by atoms with E-state index in [0.717, 1.165) is 104 Å². The Labute approximate surface area is 255 Å². The van der Waals surface area contributed by atoms with E-state index in [1.807, 2.05) is 19.9 Å². The van der Waals surface area contributed by atoms with Crippen LogP contribution in [0.15, 0.2) is 47.3 Å². The van der Waals surface area contributed by atoms with E-state index in [4.69, 9.17) is 4.74 Å². The Morgan fingerprint density at radius 1 is 1.02 bits per heavy atom. The highest BCUT2D eigenvalue weighted by Gasteiger charge is 2.25. The van der Waals surface area contributed by atoms with Gasteiger partial charge in [0.05, 0.1) is 6.10 Å². The Hall–Kier alpha value is -3.01. The van der Waals surface area contributed by atoms with Crippen LogP contribution in [0.2, 0.25) is 0 Å². The first kappa shape index (κ1) is 31.4. The first-order chi connectivity index (χ1) is 20.7. The van der Waals surface area contributed by atoms with Crippen molar-refractivity contribution < 1.29 is 14.9 Å². The first-order valence-corrected chi connectivity index (χ1v) is 15.8. The lowest BCUT2D eigenvalue weighted by Gasteiger charge is -2.37. The second-order valence-corrected chi connectivity index (χ2v) is 12.3. The molecule has 232 valence electrons. The molecule has 3 heterocycles. The Balaban J connectivity index is 1.44. The molecule has 1 aromatic heterocycles. The summed E-state index contributed by atoms with van der Waals surface area (Å²) in [7, 11) is 0. The fraction of sp³-hybridized carbons (Fsp3) is 0.514. The number of anilines is 1. The minimum atomic E-state index is -0.944. The number of aliphatic hydroxyl groups excluding tert-OH is 2. The maximum Gasteiger partial charge on any atom is 0.252 e. The van der Waals surface area contributed by atoms with Gasteiger partial charge in [-0.3, -0.25) is 15.0 Å². The number of nitrogens with one attached hydrogen (secondary N) is 2. The molecule has 0 amide bonds. The van der Waals surface area contributed by atoms with Crippen molar-refractivity contribution in [3.8, 4) is 11.1 Å². The molecule has 2 fully saturated rings. The molecule has 0 aliphatic carbocycles. The van der Waals surface area contributed by atoms with Gasteiger partial charge in [-0.2, -0.15) is 0 Å². The van der Waals surface area contributed by atoms with Crippen LogP contribution in [0.4, 0.5) is 5.69 Å². The summed E-state index contributed by atoms with van der Waals surface area (Å²) in [5.74, 6) is 0. The number of nitrogens with zero attached hydrogens (tertiary/aromatic N) is 2. The molecule has 0 saturated carbocycles. The molecule has 1 unspecified atom stereocenters. The van der Waals surface area contributed by atoms with E-state index >= 15 is 0 Å². The highest BCUT2D eigenvalue weighted by molar-refractivity contribution is 5.73. The molecule has 2 aromatic carbocycles. The second kappa shape index (κ2) is 14.2. The lowest BCUT2D eigenvalue weighted by molar-refractivity contribution is 0.0792. The lowest BCUT2D eigenvalue weighted by Crippen LogP contribution is -2.40. The van der Waals surface area contributed by atoms with Crippen molar-refractivity contribution in [3.05, 3.63) is 86.3 Å². The number of piperidine rings is 1. The Morgan fingerprint density at radius 3 is 2.37 bits per heavy atom. The number of aliphatic hydroxyl groups is 2. The van der Waals surface area contributed by atoms with Gasteiger partial charge < -0.3 is 24.8 Å². The molecule has 1 atom stereocenters.